The van der Waals surface area contributed by atoms with Gasteiger partial charge in [0.25, 0.3) is 0 Å². The summed E-state index contributed by atoms with van der Waals surface area (Å²) in [4.78, 5) is 0. The monoisotopic (exact) mass is 364 g/mol. The van der Waals surface area contributed by atoms with Crippen LogP contribution in [0.3, 0.4) is 0 Å². The van der Waals surface area contributed by atoms with Crippen LogP contribution in [0.25, 0.3) is 0 Å². The summed E-state index contributed by atoms with van der Waals surface area (Å²) >= 11 is 8.48. The molecule has 2 nitrogen and oxygen atoms in total. The zero-order valence-electron chi connectivity index (χ0n) is 9.97. The summed E-state index contributed by atoms with van der Waals surface area (Å²) in [6.07, 6.45) is 3.76. The van der Waals surface area contributed by atoms with Crippen LogP contribution < -0.4 is 10.6 Å². The molecule has 2 N–H and O–H groups in total. The van der Waals surface area contributed by atoms with Gasteiger partial charge in [-0.1, -0.05) is 11.6 Å². The minimum Gasteiger partial charge on any atom is -0.381 e. The van der Waals surface area contributed by atoms with Crippen LogP contribution in [0.15, 0.2) is 18.2 Å². The molecular weight excluding hydrogens is 347 g/mol. The molecular formula is C13H18ClIN2. The van der Waals surface area contributed by atoms with Gasteiger partial charge in [0.05, 0.1) is 10.7 Å². The molecule has 0 amide bonds. The highest BCUT2D eigenvalue weighted by atomic mass is 127. The SMILES string of the molecule is CC(CC1CCCN1)Nc1ccc(I)cc1Cl. The molecule has 0 aliphatic carbocycles. The van der Waals surface area contributed by atoms with Crippen molar-refractivity contribution >= 4 is 39.9 Å². The van der Waals surface area contributed by atoms with Crippen LogP contribution in [0.5, 0.6) is 0 Å². The number of anilines is 1. The second kappa shape index (κ2) is 6.25. The Morgan fingerprint density at radius 2 is 2.41 bits per heavy atom. The van der Waals surface area contributed by atoms with Crippen molar-refractivity contribution in [2.75, 3.05) is 11.9 Å². The van der Waals surface area contributed by atoms with Crippen molar-refractivity contribution in [3.63, 3.8) is 0 Å². The third kappa shape index (κ3) is 4.00. The normalized spacial score (nSPS) is 21.5. The molecule has 4 heteroatoms. The Hall–Kier alpha value is -0.0000000000000000555. The minimum atomic E-state index is 0.447. The second-order valence-electron chi connectivity index (χ2n) is 4.70. The molecule has 94 valence electrons. The summed E-state index contributed by atoms with van der Waals surface area (Å²) in [5, 5.41) is 7.82. The quantitative estimate of drug-likeness (QED) is 0.792. The van der Waals surface area contributed by atoms with Gasteiger partial charge >= 0.3 is 0 Å². The fourth-order valence-electron chi connectivity index (χ4n) is 2.32. The van der Waals surface area contributed by atoms with Crippen molar-refractivity contribution in [2.45, 2.75) is 38.3 Å². The number of rotatable bonds is 4. The van der Waals surface area contributed by atoms with Crippen LogP contribution in [-0.4, -0.2) is 18.6 Å². The number of hydrogen-bond acceptors (Lipinski definition) is 2. The average molecular weight is 365 g/mol. The highest BCUT2D eigenvalue weighted by Gasteiger charge is 2.17. The minimum absolute atomic E-state index is 0.447. The predicted octanol–water partition coefficient (Wildman–Crippen LogP) is 3.89. The average Bonchev–Trinajstić information content (AvgIpc) is 2.75. The van der Waals surface area contributed by atoms with Crippen molar-refractivity contribution in [2.24, 2.45) is 0 Å². The van der Waals surface area contributed by atoms with Gasteiger partial charge < -0.3 is 10.6 Å². The highest BCUT2D eigenvalue weighted by molar-refractivity contribution is 14.1. The molecule has 0 saturated carbocycles. The molecule has 1 aromatic rings. The van der Waals surface area contributed by atoms with Gasteiger partial charge in [0, 0.05) is 15.7 Å². The smallest absolute Gasteiger partial charge is 0.0648 e. The Morgan fingerprint density at radius 1 is 1.59 bits per heavy atom. The van der Waals surface area contributed by atoms with Crippen LogP contribution in [-0.2, 0) is 0 Å². The molecule has 0 radical (unpaired) electrons. The Balaban J connectivity index is 1.90. The van der Waals surface area contributed by atoms with Crippen molar-refractivity contribution < 1.29 is 0 Å². The predicted molar refractivity (Wildman–Crippen MR) is 82.9 cm³/mol. The summed E-state index contributed by atoms with van der Waals surface area (Å²) in [5.41, 5.74) is 1.04. The van der Waals surface area contributed by atoms with Crippen LogP contribution in [0.2, 0.25) is 5.02 Å². The molecule has 2 atom stereocenters. The molecule has 1 fully saturated rings. The van der Waals surface area contributed by atoms with E-state index in [0.29, 0.717) is 12.1 Å². The van der Waals surface area contributed by atoms with Crippen LogP contribution in [0.4, 0.5) is 5.69 Å². The molecule has 0 spiro atoms. The molecule has 2 unspecified atom stereocenters. The zero-order chi connectivity index (χ0) is 12.3. The molecule has 1 saturated heterocycles. The van der Waals surface area contributed by atoms with Gasteiger partial charge in [-0.3, -0.25) is 0 Å². The Morgan fingerprint density at radius 3 is 3.06 bits per heavy atom. The van der Waals surface area contributed by atoms with Gasteiger partial charge in [0.2, 0.25) is 0 Å². The lowest BCUT2D eigenvalue weighted by atomic mass is 10.1. The Kier molecular flexibility index (Phi) is 4.94. The van der Waals surface area contributed by atoms with Crippen molar-refractivity contribution in [3.05, 3.63) is 26.8 Å². The summed E-state index contributed by atoms with van der Waals surface area (Å²) in [7, 11) is 0. The van der Waals surface area contributed by atoms with Crippen molar-refractivity contribution in [3.8, 4) is 0 Å². The first-order valence-electron chi connectivity index (χ1n) is 6.10. The van der Waals surface area contributed by atoms with E-state index in [2.05, 4.69) is 52.3 Å². The second-order valence-corrected chi connectivity index (χ2v) is 6.35. The van der Waals surface area contributed by atoms with E-state index in [4.69, 9.17) is 11.6 Å². The first-order valence-corrected chi connectivity index (χ1v) is 7.56. The lowest BCUT2D eigenvalue weighted by Gasteiger charge is -2.20. The molecule has 1 heterocycles. The lowest BCUT2D eigenvalue weighted by molar-refractivity contribution is 0.523. The molecule has 1 aromatic carbocycles. The van der Waals surface area contributed by atoms with E-state index in [0.717, 1.165) is 17.1 Å². The maximum absolute atomic E-state index is 6.21. The maximum atomic E-state index is 6.21. The van der Waals surface area contributed by atoms with E-state index in [1.165, 1.54) is 23.0 Å². The topological polar surface area (TPSA) is 24.1 Å². The molecule has 0 bridgehead atoms. The van der Waals surface area contributed by atoms with Crippen molar-refractivity contribution in [1.29, 1.82) is 0 Å². The van der Waals surface area contributed by atoms with Crippen LogP contribution in [0, 0.1) is 3.57 Å². The van der Waals surface area contributed by atoms with E-state index < -0.39 is 0 Å². The lowest BCUT2D eigenvalue weighted by Crippen LogP contribution is -2.29. The van der Waals surface area contributed by atoms with E-state index in [1.807, 2.05) is 6.07 Å². The van der Waals surface area contributed by atoms with Crippen LogP contribution >= 0.6 is 34.2 Å². The third-order valence-electron chi connectivity index (χ3n) is 3.13. The summed E-state index contributed by atoms with van der Waals surface area (Å²) in [6.45, 7) is 3.38. The van der Waals surface area contributed by atoms with Gasteiger partial charge in [-0.2, -0.15) is 0 Å². The van der Waals surface area contributed by atoms with Gasteiger partial charge in [-0.05, 0) is 73.5 Å². The molecule has 1 aliphatic heterocycles. The fourth-order valence-corrected chi connectivity index (χ4v) is 3.23. The molecule has 0 aromatic heterocycles. The first-order chi connectivity index (χ1) is 8.15. The first kappa shape index (κ1) is 13.4. The molecule has 2 rings (SSSR count). The summed E-state index contributed by atoms with van der Waals surface area (Å²) in [5.74, 6) is 0. The van der Waals surface area contributed by atoms with Gasteiger partial charge in [-0.25, -0.2) is 0 Å². The summed E-state index contributed by atoms with van der Waals surface area (Å²) < 4.78 is 1.17. The Labute approximate surface area is 122 Å². The third-order valence-corrected chi connectivity index (χ3v) is 4.12. The Bertz CT molecular complexity index is 378. The standard InChI is InChI=1S/C13H18ClIN2/c1-9(7-11-3-2-6-16-11)17-13-5-4-10(15)8-12(13)14/h4-5,8-9,11,16-17H,2-3,6-7H2,1H3. The van der Waals surface area contributed by atoms with Crippen LogP contribution in [0.1, 0.15) is 26.2 Å². The van der Waals surface area contributed by atoms with E-state index in [1.54, 1.807) is 0 Å². The number of hydrogen-bond donors (Lipinski definition) is 2. The molecule has 1 aliphatic rings. The van der Waals surface area contributed by atoms with E-state index >= 15 is 0 Å². The van der Waals surface area contributed by atoms with Gasteiger partial charge in [-0.15, -0.1) is 0 Å². The summed E-state index contributed by atoms with van der Waals surface area (Å²) in [6, 6.07) is 7.24. The van der Waals surface area contributed by atoms with E-state index in [-0.39, 0.29) is 0 Å². The number of halogens is 2. The maximum Gasteiger partial charge on any atom is 0.0648 e. The fraction of sp³-hybridized carbons (Fsp3) is 0.538. The highest BCUT2D eigenvalue weighted by Crippen LogP contribution is 2.25. The van der Waals surface area contributed by atoms with Gasteiger partial charge in [0.15, 0.2) is 0 Å². The zero-order valence-corrected chi connectivity index (χ0v) is 12.9. The van der Waals surface area contributed by atoms with Crippen molar-refractivity contribution in [1.82, 2.24) is 5.32 Å². The van der Waals surface area contributed by atoms with E-state index in [9.17, 15) is 0 Å². The molecule has 17 heavy (non-hydrogen) atoms. The largest absolute Gasteiger partial charge is 0.381 e. The number of benzene rings is 1. The van der Waals surface area contributed by atoms with Gasteiger partial charge in [0.1, 0.15) is 0 Å². The number of nitrogens with one attached hydrogen (secondary N) is 2.